The van der Waals surface area contributed by atoms with Crippen molar-refractivity contribution in [1.29, 1.82) is 0 Å². The maximum atomic E-state index is 5.28. The van der Waals surface area contributed by atoms with Gasteiger partial charge in [-0.3, -0.25) is 0 Å². The number of ether oxygens (including phenoxy) is 1. The standard InChI is InChI=1S/C21H27N3O/c1-3-22-20(23-15-17-8-7-11-19(14-17)25-2)24-16-21(12-13-21)18-9-5-4-6-10-18/h4-11,14H,3,12-13,15-16H2,1-2H3,(H2,22,23,24). The molecule has 0 spiro atoms. The van der Waals surface area contributed by atoms with Gasteiger partial charge >= 0.3 is 0 Å². The van der Waals surface area contributed by atoms with E-state index in [0.717, 1.165) is 30.4 Å². The lowest BCUT2D eigenvalue weighted by Crippen LogP contribution is -2.41. The molecule has 0 heterocycles. The lowest BCUT2D eigenvalue weighted by Gasteiger charge is -2.19. The van der Waals surface area contributed by atoms with Gasteiger partial charge in [-0.1, -0.05) is 42.5 Å². The maximum Gasteiger partial charge on any atom is 0.191 e. The van der Waals surface area contributed by atoms with Crippen molar-refractivity contribution < 1.29 is 4.74 Å². The molecule has 4 nitrogen and oxygen atoms in total. The molecule has 0 bridgehead atoms. The third-order valence-corrected chi connectivity index (χ3v) is 4.73. The van der Waals surface area contributed by atoms with E-state index < -0.39 is 0 Å². The van der Waals surface area contributed by atoms with Crippen molar-refractivity contribution in [3.63, 3.8) is 0 Å². The molecule has 0 radical (unpaired) electrons. The Morgan fingerprint density at radius 3 is 2.56 bits per heavy atom. The third kappa shape index (κ3) is 4.53. The van der Waals surface area contributed by atoms with Crippen LogP contribution in [0.2, 0.25) is 0 Å². The Kier molecular flexibility index (Phi) is 5.59. The average molecular weight is 337 g/mol. The smallest absolute Gasteiger partial charge is 0.191 e. The van der Waals surface area contributed by atoms with Crippen LogP contribution in [-0.4, -0.2) is 26.2 Å². The molecule has 2 aromatic rings. The van der Waals surface area contributed by atoms with Gasteiger partial charge in [-0.25, -0.2) is 4.99 Å². The highest BCUT2D eigenvalue weighted by molar-refractivity contribution is 5.80. The van der Waals surface area contributed by atoms with Crippen LogP contribution in [0.25, 0.3) is 0 Å². The van der Waals surface area contributed by atoms with Crippen molar-refractivity contribution in [3.8, 4) is 5.75 Å². The van der Waals surface area contributed by atoms with Crippen molar-refractivity contribution in [2.24, 2.45) is 4.99 Å². The van der Waals surface area contributed by atoms with Crippen molar-refractivity contribution >= 4 is 5.96 Å². The molecule has 0 atom stereocenters. The Morgan fingerprint density at radius 2 is 1.88 bits per heavy atom. The molecule has 2 N–H and O–H groups in total. The van der Waals surface area contributed by atoms with Crippen molar-refractivity contribution in [1.82, 2.24) is 10.6 Å². The number of hydrogen-bond acceptors (Lipinski definition) is 2. The van der Waals surface area contributed by atoms with Crippen molar-refractivity contribution in [3.05, 3.63) is 65.7 Å². The number of nitrogens with zero attached hydrogens (tertiary/aromatic N) is 1. The molecule has 2 aromatic carbocycles. The van der Waals surface area contributed by atoms with E-state index in [9.17, 15) is 0 Å². The molecule has 0 aromatic heterocycles. The quantitative estimate of drug-likeness (QED) is 0.600. The van der Waals surface area contributed by atoms with E-state index in [1.54, 1.807) is 7.11 Å². The molecule has 0 unspecified atom stereocenters. The molecule has 1 fully saturated rings. The molecule has 3 rings (SSSR count). The van der Waals surface area contributed by atoms with Gasteiger partial charge in [-0.2, -0.15) is 0 Å². The average Bonchev–Trinajstić information content (AvgIpc) is 3.46. The van der Waals surface area contributed by atoms with Crippen LogP contribution < -0.4 is 15.4 Å². The van der Waals surface area contributed by atoms with Gasteiger partial charge < -0.3 is 15.4 Å². The fourth-order valence-electron chi connectivity index (χ4n) is 3.05. The van der Waals surface area contributed by atoms with Crippen LogP contribution in [0, 0.1) is 0 Å². The van der Waals surface area contributed by atoms with Crippen molar-refractivity contribution in [2.75, 3.05) is 20.2 Å². The van der Waals surface area contributed by atoms with Gasteiger partial charge in [0.25, 0.3) is 0 Å². The van der Waals surface area contributed by atoms with E-state index in [1.165, 1.54) is 18.4 Å². The number of benzene rings is 2. The third-order valence-electron chi connectivity index (χ3n) is 4.73. The minimum atomic E-state index is 0.271. The fraction of sp³-hybridized carbons (Fsp3) is 0.381. The summed E-state index contributed by atoms with van der Waals surface area (Å²) in [5.41, 5.74) is 2.83. The summed E-state index contributed by atoms with van der Waals surface area (Å²) in [5.74, 6) is 1.74. The minimum Gasteiger partial charge on any atom is -0.497 e. The van der Waals surface area contributed by atoms with Crippen LogP contribution in [0.15, 0.2) is 59.6 Å². The number of rotatable bonds is 7. The Bertz CT molecular complexity index is 708. The summed E-state index contributed by atoms with van der Waals surface area (Å²) in [6.07, 6.45) is 2.47. The second-order valence-corrected chi connectivity index (χ2v) is 6.55. The van der Waals surface area contributed by atoms with Gasteiger partial charge in [-0.15, -0.1) is 0 Å². The van der Waals surface area contributed by atoms with E-state index >= 15 is 0 Å². The number of methoxy groups -OCH3 is 1. The van der Waals surface area contributed by atoms with Crippen LogP contribution in [0.3, 0.4) is 0 Å². The van der Waals surface area contributed by atoms with Crippen LogP contribution >= 0.6 is 0 Å². The minimum absolute atomic E-state index is 0.271. The lowest BCUT2D eigenvalue weighted by atomic mass is 9.96. The second kappa shape index (κ2) is 8.06. The molecule has 0 saturated heterocycles. The first-order valence-corrected chi connectivity index (χ1v) is 8.96. The van der Waals surface area contributed by atoms with Crippen LogP contribution in [0.1, 0.15) is 30.9 Å². The number of hydrogen-bond donors (Lipinski definition) is 2. The molecule has 1 aliphatic rings. The van der Waals surface area contributed by atoms with Gasteiger partial charge in [0.2, 0.25) is 0 Å². The van der Waals surface area contributed by atoms with Gasteiger partial charge in [0, 0.05) is 18.5 Å². The van der Waals surface area contributed by atoms with E-state index in [1.807, 2.05) is 18.2 Å². The predicted molar refractivity (Wildman–Crippen MR) is 103 cm³/mol. The summed E-state index contributed by atoms with van der Waals surface area (Å²) in [6.45, 7) is 4.49. The number of nitrogens with one attached hydrogen (secondary N) is 2. The highest BCUT2D eigenvalue weighted by atomic mass is 16.5. The number of aliphatic imine (C=N–C) groups is 1. The summed E-state index contributed by atoms with van der Waals surface area (Å²) in [7, 11) is 1.69. The largest absolute Gasteiger partial charge is 0.497 e. The Morgan fingerprint density at radius 1 is 1.08 bits per heavy atom. The van der Waals surface area contributed by atoms with Gasteiger partial charge in [0.05, 0.1) is 13.7 Å². The molecule has 1 aliphatic carbocycles. The monoisotopic (exact) mass is 337 g/mol. The summed E-state index contributed by atoms with van der Waals surface area (Å²) in [6, 6.07) is 18.8. The zero-order valence-corrected chi connectivity index (χ0v) is 15.1. The van der Waals surface area contributed by atoms with Crippen LogP contribution in [0.5, 0.6) is 5.75 Å². The predicted octanol–water partition coefficient (Wildman–Crippen LogP) is 3.48. The van der Waals surface area contributed by atoms with Gasteiger partial charge in [0.15, 0.2) is 5.96 Å². The Labute approximate surface area is 150 Å². The Hall–Kier alpha value is -2.49. The highest BCUT2D eigenvalue weighted by Gasteiger charge is 2.43. The Balaban J connectivity index is 1.63. The van der Waals surface area contributed by atoms with Gasteiger partial charge in [-0.05, 0) is 43.0 Å². The highest BCUT2D eigenvalue weighted by Crippen LogP contribution is 2.47. The lowest BCUT2D eigenvalue weighted by molar-refractivity contribution is 0.414. The summed E-state index contributed by atoms with van der Waals surface area (Å²) >= 11 is 0. The van der Waals surface area contributed by atoms with Crippen LogP contribution in [-0.2, 0) is 12.0 Å². The van der Waals surface area contributed by atoms with E-state index in [2.05, 4.69) is 54.0 Å². The van der Waals surface area contributed by atoms with E-state index in [0.29, 0.717) is 6.54 Å². The first kappa shape index (κ1) is 17.3. The van der Waals surface area contributed by atoms with Gasteiger partial charge in [0.1, 0.15) is 5.75 Å². The molecule has 0 amide bonds. The van der Waals surface area contributed by atoms with Crippen LogP contribution in [0.4, 0.5) is 0 Å². The fourth-order valence-corrected chi connectivity index (χ4v) is 3.05. The zero-order valence-electron chi connectivity index (χ0n) is 15.1. The first-order valence-electron chi connectivity index (χ1n) is 8.96. The zero-order chi connectivity index (χ0) is 17.5. The molecular formula is C21H27N3O. The van der Waals surface area contributed by atoms with E-state index in [4.69, 9.17) is 9.73 Å². The number of guanidine groups is 1. The van der Waals surface area contributed by atoms with Crippen molar-refractivity contribution in [2.45, 2.75) is 31.7 Å². The second-order valence-electron chi connectivity index (χ2n) is 6.55. The molecule has 0 aliphatic heterocycles. The summed E-state index contributed by atoms with van der Waals surface area (Å²) < 4.78 is 5.28. The summed E-state index contributed by atoms with van der Waals surface area (Å²) in [5, 5.41) is 6.87. The molecule has 4 heteroatoms. The molecule has 1 saturated carbocycles. The molecular weight excluding hydrogens is 310 g/mol. The maximum absolute atomic E-state index is 5.28. The molecule has 132 valence electrons. The normalized spacial score (nSPS) is 15.5. The SMILES string of the molecule is CCNC(=NCc1cccc(OC)c1)NCC1(c2ccccc2)CC1. The molecule has 25 heavy (non-hydrogen) atoms. The first-order chi connectivity index (χ1) is 12.3. The van der Waals surface area contributed by atoms with E-state index in [-0.39, 0.29) is 5.41 Å². The summed E-state index contributed by atoms with van der Waals surface area (Å²) in [4.78, 5) is 4.72. The topological polar surface area (TPSA) is 45.7 Å².